The van der Waals surface area contributed by atoms with Gasteiger partial charge >= 0.3 is 0 Å². The van der Waals surface area contributed by atoms with Gasteiger partial charge in [0, 0.05) is 27.2 Å². The summed E-state index contributed by atoms with van der Waals surface area (Å²) < 4.78 is 0. The number of carbonyl (C=O) groups excluding carboxylic acids is 1. The van der Waals surface area contributed by atoms with Gasteiger partial charge in [0.05, 0.1) is 0 Å². The third-order valence-electron chi connectivity index (χ3n) is 3.82. The molecule has 1 aliphatic carbocycles. The van der Waals surface area contributed by atoms with Crippen LogP contribution in [-0.4, -0.2) is 50.5 Å². The molecule has 0 aliphatic heterocycles. The predicted octanol–water partition coefficient (Wildman–Crippen LogP) is 2.30. The zero-order chi connectivity index (χ0) is 16.2. The first kappa shape index (κ1) is 18.5. The SMILES string of the molecule is CCCCNC(=NCC(=O)N(C)C)NCCC1=CCCCC1. The molecule has 126 valence electrons. The molecule has 1 aliphatic rings. The zero-order valence-corrected chi connectivity index (χ0v) is 14.5. The van der Waals surface area contributed by atoms with E-state index in [0.717, 1.165) is 38.3 Å². The van der Waals surface area contributed by atoms with Gasteiger partial charge in [-0.25, -0.2) is 4.99 Å². The van der Waals surface area contributed by atoms with Crippen molar-refractivity contribution >= 4 is 11.9 Å². The summed E-state index contributed by atoms with van der Waals surface area (Å²) in [5, 5.41) is 6.65. The van der Waals surface area contributed by atoms with Gasteiger partial charge in [0.15, 0.2) is 5.96 Å². The average molecular weight is 308 g/mol. The minimum atomic E-state index is 0.0200. The van der Waals surface area contributed by atoms with Crippen molar-refractivity contribution in [1.29, 1.82) is 0 Å². The summed E-state index contributed by atoms with van der Waals surface area (Å²) in [7, 11) is 3.51. The highest BCUT2D eigenvalue weighted by atomic mass is 16.2. The summed E-state index contributed by atoms with van der Waals surface area (Å²) in [6, 6.07) is 0. The molecule has 0 aromatic carbocycles. The maximum absolute atomic E-state index is 11.7. The Hall–Kier alpha value is -1.52. The number of unbranched alkanes of at least 4 members (excludes halogenated alkanes) is 1. The van der Waals surface area contributed by atoms with Crippen LogP contribution in [0.3, 0.4) is 0 Å². The molecule has 0 atom stereocenters. The van der Waals surface area contributed by atoms with Crippen LogP contribution in [0.2, 0.25) is 0 Å². The van der Waals surface area contributed by atoms with Gasteiger partial charge in [-0.2, -0.15) is 0 Å². The first-order valence-electron chi connectivity index (χ1n) is 8.53. The van der Waals surface area contributed by atoms with Gasteiger partial charge in [-0.3, -0.25) is 4.79 Å². The smallest absolute Gasteiger partial charge is 0.243 e. The van der Waals surface area contributed by atoms with Gasteiger partial charge in [-0.05, 0) is 38.5 Å². The molecule has 0 aromatic heterocycles. The van der Waals surface area contributed by atoms with Crippen molar-refractivity contribution in [1.82, 2.24) is 15.5 Å². The molecular weight excluding hydrogens is 276 g/mol. The number of hydrogen-bond donors (Lipinski definition) is 2. The van der Waals surface area contributed by atoms with Gasteiger partial charge in [-0.1, -0.05) is 25.0 Å². The van der Waals surface area contributed by atoms with Crippen molar-refractivity contribution in [3.05, 3.63) is 11.6 Å². The number of carbonyl (C=O) groups is 1. The third-order valence-corrected chi connectivity index (χ3v) is 3.82. The number of rotatable bonds is 8. The number of nitrogens with one attached hydrogen (secondary N) is 2. The van der Waals surface area contributed by atoms with Crippen LogP contribution in [0, 0.1) is 0 Å². The lowest BCUT2D eigenvalue weighted by molar-refractivity contribution is -0.127. The van der Waals surface area contributed by atoms with Gasteiger partial charge in [0.1, 0.15) is 6.54 Å². The molecule has 0 aromatic rings. The van der Waals surface area contributed by atoms with E-state index in [1.807, 2.05) is 0 Å². The second-order valence-corrected chi connectivity index (χ2v) is 6.02. The number of allylic oxidation sites excluding steroid dienone is 1. The zero-order valence-electron chi connectivity index (χ0n) is 14.5. The predicted molar refractivity (Wildman–Crippen MR) is 93.1 cm³/mol. The Morgan fingerprint density at radius 3 is 2.68 bits per heavy atom. The normalized spacial score (nSPS) is 15.2. The number of likely N-dealkylation sites (N-methyl/N-ethyl adjacent to an activating group) is 1. The summed E-state index contributed by atoms with van der Waals surface area (Å²) in [5.74, 6) is 0.770. The van der Waals surface area contributed by atoms with E-state index in [2.05, 4.69) is 28.6 Å². The van der Waals surface area contributed by atoms with Gasteiger partial charge in [-0.15, -0.1) is 0 Å². The average Bonchev–Trinajstić information content (AvgIpc) is 2.52. The largest absolute Gasteiger partial charge is 0.356 e. The highest BCUT2D eigenvalue weighted by Crippen LogP contribution is 2.19. The summed E-state index contributed by atoms with van der Waals surface area (Å²) in [4.78, 5) is 17.6. The van der Waals surface area contributed by atoms with Crippen LogP contribution >= 0.6 is 0 Å². The van der Waals surface area contributed by atoms with Crippen molar-refractivity contribution in [2.75, 3.05) is 33.7 Å². The fourth-order valence-corrected chi connectivity index (χ4v) is 2.32. The van der Waals surface area contributed by atoms with E-state index in [9.17, 15) is 4.79 Å². The molecule has 0 heterocycles. The van der Waals surface area contributed by atoms with E-state index >= 15 is 0 Å². The molecule has 0 fully saturated rings. The molecule has 0 bridgehead atoms. The molecule has 0 saturated carbocycles. The molecule has 0 radical (unpaired) electrons. The second-order valence-electron chi connectivity index (χ2n) is 6.02. The fourth-order valence-electron chi connectivity index (χ4n) is 2.32. The Morgan fingerprint density at radius 2 is 2.05 bits per heavy atom. The first-order valence-corrected chi connectivity index (χ1v) is 8.53. The van der Waals surface area contributed by atoms with Crippen molar-refractivity contribution in [3.8, 4) is 0 Å². The first-order chi connectivity index (χ1) is 10.6. The van der Waals surface area contributed by atoms with Crippen LogP contribution in [0.5, 0.6) is 0 Å². The molecule has 22 heavy (non-hydrogen) atoms. The summed E-state index contributed by atoms with van der Waals surface area (Å²) in [6.07, 6.45) is 10.8. The molecule has 0 unspecified atom stereocenters. The van der Waals surface area contributed by atoms with Crippen LogP contribution in [-0.2, 0) is 4.79 Å². The van der Waals surface area contributed by atoms with Gasteiger partial charge in [0.25, 0.3) is 0 Å². The Morgan fingerprint density at radius 1 is 1.27 bits per heavy atom. The quantitative estimate of drug-likeness (QED) is 0.313. The lowest BCUT2D eigenvalue weighted by Gasteiger charge is -2.16. The Kier molecular flexibility index (Phi) is 9.35. The van der Waals surface area contributed by atoms with E-state index in [0.29, 0.717) is 0 Å². The Bertz CT molecular complexity index is 388. The second kappa shape index (κ2) is 11.1. The summed E-state index contributed by atoms with van der Waals surface area (Å²) in [6.45, 7) is 4.12. The summed E-state index contributed by atoms with van der Waals surface area (Å²) >= 11 is 0. The van der Waals surface area contributed by atoms with Crippen molar-refractivity contribution < 1.29 is 4.79 Å². The van der Waals surface area contributed by atoms with E-state index in [4.69, 9.17) is 0 Å². The van der Waals surface area contributed by atoms with Crippen LogP contribution in [0.4, 0.5) is 0 Å². The standard InChI is InChI=1S/C17H32N4O/c1-4-5-12-18-17(20-14-16(22)21(2)3)19-13-11-15-9-7-6-8-10-15/h9H,4-8,10-14H2,1-3H3,(H2,18,19,20). The lowest BCUT2D eigenvalue weighted by atomic mass is 9.97. The van der Waals surface area contributed by atoms with E-state index < -0.39 is 0 Å². The van der Waals surface area contributed by atoms with Crippen LogP contribution in [0.15, 0.2) is 16.6 Å². The molecule has 1 rings (SSSR count). The Balaban J connectivity index is 2.40. The van der Waals surface area contributed by atoms with Crippen molar-refractivity contribution in [2.24, 2.45) is 4.99 Å². The van der Waals surface area contributed by atoms with Gasteiger partial charge in [0.2, 0.25) is 5.91 Å². The van der Waals surface area contributed by atoms with Crippen LogP contribution in [0.25, 0.3) is 0 Å². The topological polar surface area (TPSA) is 56.7 Å². The minimum Gasteiger partial charge on any atom is -0.356 e. The summed E-state index contributed by atoms with van der Waals surface area (Å²) in [5.41, 5.74) is 1.55. The van der Waals surface area contributed by atoms with Crippen molar-refractivity contribution in [3.63, 3.8) is 0 Å². The fraction of sp³-hybridized carbons (Fsp3) is 0.765. The number of hydrogen-bond acceptors (Lipinski definition) is 2. The highest BCUT2D eigenvalue weighted by Gasteiger charge is 2.06. The maximum atomic E-state index is 11.7. The molecule has 0 spiro atoms. The lowest BCUT2D eigenvalue weighted by Crippen LogP contribution is -2.39. The van der Waals surface area contributed by atoms with Gasteiger partial charge < -0.3 is 15.5 Å². The number of guanidine groups is 1. The number of amides is 1. The molecule has 5 heteroatoms. The number of nitrogens with zero attached hydrogens (tertiary/aromatic N) is 2. The Labute approximate surface area is 135 Å². The molecule has 2 N–H and O–H groups in total. The molecule has 1 amide bonds. The van der Waals surface area contributed by atoms with E-state index in [1.165, 1.54) is 25.7 Å². The molecule has 0 saturated heterocycles. The van der Waals surface area contributed by atoms with E-state index in [-0.39, 0.29) is 12.5 Å². The molecular formula is C17H32N4O. The highest BCUT2D eigenvalue weighted by molar-refractivity contribution is 5.84. The van der Waals surface area contributed by atoms with Crippen LogP contribution in [0.1, 0.15) is 51.9 Å². The monoisotopic (exact) mass is 308 g/mol. The maximum Gasteiger partial charge on any atom is 0.243 e. The molecule has 5 nitrogen and oxygen atoms in total. The minimum absolute atomic E-state index is 0.0200. The van der Waals surface area contributed by atoms with Crippen molar-refractivity contribution in [2.45, 2.75) is 51.9 Å². The van der Waals surface area contributed by atoms with Crippen LogP contribution < -0.4 is 10.6 Å². The number of aliphatic imine (C=N–C) groups is 1. The third kappa shape index (κ3) is 8.05. The van der Waals surface area contributed by atoms with E-state index in [1.54, 1.807) is 24.6 Å².